The van der Waals surface area contributed by atoms with Crippen LogP contribution < -0.4 is 5.56 Å². The Morgan fingerprint density at radius 2 is 1.67 bits per heavy atom. The highest BCUT2D eigenvalue weighted by Crippen LogP contribution is 2.17. The number of aryl methyl sites for hydroxylation is 1. The number of hydrogen-bond acceptors (Lipinski definition) is 2. The molecule has 1 aromatic heterocycles. The molecule has 0 radical (unpaired) electrons. The van der Waals surface area contributed by atoms with Gasteiger partial charge in [-0.1, -0.05) is 54.1 Å². The standard InChI is InChI=1S/C23H17IN2O/c1-16-7-9-17(10-8-16)11-14-22-25-21-13-12-18(24)15-20(21)23(27)26(22)19-5-3-2-4-6-19/h2-15H,1H3/b14-11+. The van der Waals surface area contributed by atoms with Gasteiger partial charge in [0.25, 0.3) is 5.56 Å². The number of halogens is 1. The fourth-order valence-corrected chi connectivity index (χ4v) is 3.45. The summed E-state index contributed by atoms with van der Waals surface area (Å²) in [7, 11) is 0. The first kappa shape index (κ1) is 17.7. The van der Waals surface area contributed by atoms with Gasteiger partial charge in [-0.2, -0.15) is 0 Å². The van der Waals surface area contributed by atoms with Crippen LogP contribution in [0.5, 0.6) is 0 Å². The summed E-state index contributed by atoms with van der Waals surface area (Å²) in [5.41, 5.74) is 3.73. The van der Waals surface area contributed by atoms with Gasteiger partial charge in [-0.15, -0.1) is 0 Å². The summed E-state index contributed by atoms with van der Waals surface area (Å²) in [4.78, 5) is 18.0. The molecule has 132 valence electrons. The van der Waals surface area contributed by atoms with Crippen molar-refractivity contribution in [2.24, 2.45) is 0 Å². The molecule has 0 bridgehead atoms. The first-order valence-electron chi connectivity index (χ1n) is 8.64. The van der Waals surface area contributed by atoms with Crippen LogP contribution in [0.15, 0.2) is 77.6 Å². The van der Waals surface area contributed by atoms with E-state index in [2.05, 4.69) is 53.8 Å². The molecule has 3 aromatic carbocycles. The summed E-state index contributed by atoms with van der Waals surface area (Å²) in [6, 6.07) is 23.6. The predicted octanol–water partition coefficient (Wildman–Crippen LogP) is 5.47. The van der Waals surface area contributed by atoms with Crippen LogP contribution in [0.1, 0.15) is 17.0 Å². The van der Waals surface area contributed by atoms with Crippen molar-refractivity contribution < 1.29 is 0 Å². The molecule has 27 heavy (non-hydrogen) atoms. The van der Waals surface area contributed by atoms with E-state index >= 15 is 0 Å². The molecular weight excluding hydrogens is 447 g/mol. The minimum atomic E-state index is -0.0618. The Kier molecular flexibility index (Phi) is 4.90. The Morgan fingerprint density at radius 3 is 2.41 bits per heavy atom. The number of aromatic nitrogens is 2. The van der Waals surface area contributed by atoms with Crippen LogP contribution in [-0.2, 0) is 0 Å². The van der Waals surface area contributed by atoms with Crippen molar-refractivity contribution in [3.63, 3.8) is 0 Å². The van der Waals surface area contributed by atoms with E-state index in [9.17, 15) is 4.79 Å². The normalized spacial score (nSPS) is 11.3. The van der Waals surface area contributed by atoms with E-state index in [1.807, 2.05) is 60.7 Å². The molecule has 0 unspecified atom stereocenters. The van der Waals surface area contributed by atoms with Crippen molar-refractivity contribution in [2.45, 2.75) is 6.92 Å². The largest absolute Gasteiger partial charge is 0.268 e. The van der Waals surface area contributed by atoms with E-state index < -0.39 is 0 Å². The second-order valence-corrected chi connectivity index (χ2v) is 7.60. The number of nitrogens with zero attached hydrogens (tertiary/aromatic N) is 2. The summed E-state index contributed by atoms with van der Waals surface area (Å²) < 4.78 is 2.69. The second-order valence-electron chi connectivity index (χ2n) is 6.35. The second kappa shape index (κ2) is 7.48. The highest BCUT2D eigenvalue weighted by Gasteiger charge is 2.11. The number of rotatable bonds is 3. The fraction of sp³-hybridized carbons (Fsp3) is 0.0435. The van der Waals surface area contributed by atoms with Crippen LogP contribution in [0.2, 0.25) is 0 Å². The molecule has 0 amide bonds. The zero-order chi connectivity index (χ0) is 18.8. The smallest absolute Gasteiger partial charge is 0.266 e. The van der Waals surface area contributed by atoms with Crippen molar-refractivity contribution in [2.75, 3.05) is 0 Å². The third-order valence-electron chi connectivity index (χ3n) is 4.37. The molecule has 0 spiro atoms. The number of hydrogen-bond donors (Lipinski definition) is 0. The van der Waals surface area contributed by atoms with E-state index in [1.54, 1.807) is 4.57 Å². The van der Waals surface area contributed by atoms with Crippen molar-refractivity contribution in [3.05, 3.63) is 104 Å². The first-order valence-corrected chi connectivity index (χ1v) is 9.72. The molecule has 0 fully saturated rings. The molecule has 4 aromatic rings. The summed E-state index contributed by atoms with van der Waals surface area (Å²) in [6.45, 7) is 2.06. The van der Waals surface area contributed by atoms with Gasteiger partial charge < -0.3 is 0 Å². The molecule has 0 saturated heterocycles. The lowest BCUT2D eigenvalue weighted by Gasteiger charge is -2.11. The molecule has 0 N–H and O–H groups in total. The molecule has 4 rings (SSSR count). The molecule has 1 heterocycles. The first-order chi connectivity index (χ1) is 13.1. The molecule has 0 aliphatic rings. The summed E-state index contributed by atoms with van der Waals surface area (Å²) in [5, 5.41) is 0.623. The molecule has 4 heteroatoms. The lowest BCUT2D eigenvalue weighted by Crippen LogP contribution is -2.22. The van der Waals surface area contributed by atoms with Crippen LogP contribution in [-0.4, -0.2) is 9.55 Å². The minimum Gasteiger partial charge on any atom is -0.268 e. The molecule has 0 saturated carbocycles. The van der Waals surface area contributed by atoms with Crippen LogP contribution in [0.3, 0.4) is 0 Å². The average molecular weight is 464 g/mol. The SMILES string of the molecule is Cc1ccc(/C=C/c2nc3ccc(I)cc3c(=O)n2-c2ccccc2)cc1. The average Bonchev–Trinajstić information content (AvgIpc) is 2.69. The summed E-state index contributed by atoms with van der Waals surface area (Å²) >= 11 is 2.22. The van der Waals surface area contributed by atoms with Gasteiger partial charge in [0, 0.05) is 3.57 Å². The maximum absolute atomic E-state index is 13.2. The number of para-hydroxylation sites is 1. The maximum Gasteiger partial charge on any atom is 0.266 e. The lowest BCUT2D eigenvalue weighted by atomic mass is 10.1. The van der Waals surface area contributed by atoms with Gasteiger partial charge in [0.05, 0.1) is 16.6 Å². The number of fused-ring (bicyclic) bond motifs is 1. The lowest BCUT2D eigenvalue weighted by molar-refractivity contribution is 0.944. The van der Waals surface area contributed by atoms with Gasteiger partial charge in [-0.25, -0.2) is 4.98 Å². The zero-order valence-corrected chi connectivity index (χ0v) is 16.9. The monoisotopic (exact) mass is 464 g/mol. The number of benzene rings is 3. The Balaban J connectivity index is 1.94. The highest BCUT2D eigenvalue weighted by molar-refractivity contribution is 14.1. The van der Waals surface area contributed by atoms with Gasteiger partial charge in [0.15, 0.2) is 0 Å². The van der Waals surface area contributed by atoms with Gasteiger partial charge in [0.1, 0.15) is 5.82 Å². The zero-order valence-electron chi connectivity index (χ0n) is 14.8. The van der Waals surface area contributed by atoms with E-state index in [-0.39, 0.29) is 5.56 Å². The topological polar surface area (TPSA) is 34.9 Å². The molecular formula is C23H17IN2O. The van der Waals surface area contributed by atoms with Crippen molar-refractivity contribution in [1.29, 1.82) is 0 Å². The van der Waals surface area contributed by atoms with Crippen molar-refractivity contribution in [1.82, 2.24) is 9.55 Å². The van der Waals surface area contributed by atoms with E-state index in [0.717, 1.165) is 14.8 Å². The van der Waals surface area contributed by atoms with Crippen LogP contribution >= 0.6 is 22.6 Å². The minimum absolute atomic E-state index is 0.0618. The van der Waals surface area contributed by atoms with E-state index in [0.29, 0.717) is 16.7 Å². The van der Waals surface area contributed by atoms with Gasteiger partial charge >= 0.3 is 0 Å². The van der Waals surface area contributed by atoms with Crippen molar-refractivity contribution >= 4 is 45.6 Å². The van der Waals surface area contributed by atoms with Gasteiger partial charge in [-0.3, -0.25) is 9.36 Å². The molecule has 3 nitrogen and oxygen atoms in total. The quantitative estimate of drug-likeness (QED) is 0.377. The fourth-order valence-electron chi connectivity index (χ4n) is 2.96. The Labute approximate surface area is 171 Å². The highest BCUT2D eigenvalue weighted by atomic mass is 127. The van der Waals surface area contributed by atoms with Gasteiger partial charge in [-0.05, 0) is 71.5 Å². The van der Waals surface area contributed by atoms with E-state index in [1.165, 1.54) is 5.56 Å². The molecule has 0 aliphatic carbocycles. The molecule has 0 atom stereocenters. The van der Waals surface area contributed by atoms with E-state index in [4.69, 9.17) is 4.98 Å². The summed E-state index contributed by atoms with van der Waals surface area (Å²) in [6.07, 6.45) is 3.88. The van der Waals surface area contributed by atoms with Crippen molar-refractivity contribution in [3.8, 4) is 5.69 Å². The van der Waals surface area contributed by atoms with Gasteiger partial charge in [0.2, 0.25) is 0 Å². The third-order valence-corrected chi connectivity index (χ3v) is 5.04. The van der Waals surface area contributed by atoms with Crippen LogP contribution in [0.4, 0.5) is 0 Å². The predicted molar refractivity (Wildman–Crippen MR) is 120 cm³/mol. The Hall–Kier alpha value is -2.73. The Morgan fingerprint density at radius 1 is 0.926 bits per heavy atom. The summed E-state index contributed by atoms with van der Waals surface area (Å²) in [5.74, 6) is 0.612. The molecule has 0 aliphatic heterocycles. The Bertz CT molecular complexity index is 1190. The maximum atomic E-state index is 13.2. The van der Waals surface area contributed by atoms with Crippen LogP contribution in [0.25, 0.3) is 28.7 Å². The third kappa shape index (κ3) is 3.71. The van der Waals surface area contributed by atoms with Crippen LogP contribution in [0, 0.1) is 10.5 Å².